The van der Waals surface area contributed by atoms with Gasteiger partial charge in [0.15, 0.2) is 11.5 Å². The number of hydrogen-bond donors (Lipinski definition) is 2. The van der Waals surface area contributed by atoms with Crippen LogP contribution in [0.5, 0.6) is 11.5 Å². The smallest absolute Gasteiger partial charge is 0.165 e. The second-order valence-corrected chi connectivity index (χ2v) is 7.25. The van der Waals surface area contributed by atoms with Gasteiger partial charge in [0.2, 0.25) is 0 Å². The molecule has 0 spiro atoms. The van der Waals surface area contributed by atoms with Gasteiger partial charge in [-0.05, 0) is 49.9 Å². The van der Waals surface area contributed by atoms with E-state index in [-0.39, 0.29) is 17.8 Å². The fourth-order valence-electron chi connectivity index (χ4n) is 5.26. The zero-order valence-electron chi connectivity index (χ0n) is 12.6. The molecule has 2 heterocycles. The molecule has 22 heavy (non-hydrogen) atoms. The van der Waals surface area contributed by atoms with E-state index in [1.165, 1.54) is 11.1 Å². The van der Waals surface area contributed by atoms with Gasteiger partial charge in [-0.15, -0.1) is 0 Å². The van der Waals surface area contributed by atoms with Crippen LogP contribution in [-0.4, -0.2) is 47.0 Å². The monoisotopic (exact) mass is 299 g/mol. The zero-order chi connectivity index (χ0) is 15.0. The predicted molar refractivity (Wildman–Crippen MR) is 82.1 cm³/mol. The third-order valence-electron chi connectivity index (χ3n) is 6.28. The van der Waals surface area contributed by atoms with Crippen LogP contribution in [-0.2, 0) is 6.42 Å². The van der Waals surface area contributed by atoms with Crippen molar-refractivity contribution in [2.75, 3.05) is 13.6 Å². The molecule has 2 aliphatic carbocycles. The first-order chi connectivity index (χ1) is 10.6. The number of phenolic OH excluding ortho intramolecular Hbond substituents is 1. The molecule has 2 N–H and O–H groups in total. The molecule has 4 heteroatoms. The number of ether oxygens (including phenoxy) is 1. The summed E-state index contributed by atoms with van der Waals surface area (Å²) < 4.78 is 6.05. The molecule has 4 aliphatic rings. The molecular weight excluding hydrogens is 278 g/mol. The average molecular weight is 299 g/mol. The standard InChI is InChI=1S/C18H21NO3/c1-19-7-6-11-10-3-5-14(21)18-16(11)15-9(8-12(10)19)2-4-13(20)17(15)22-18/h2-5,10-12,14,16,18,20-21H,6-8H2,1H3. The fourth-order valence-corrected chi connectivity index (χ4v) is 5.26. The van der Waals surface area contributed by atoms with Crippen molar-refractivity contribution < 1.29 is 14.9 Å². The highest BCUT2D eigenvalue weighted by Gasteiger charge is 2.53. The maximum absolute atomic E-state index is 10.5. The third-order valence-corrected chi connectivity index (χ3v) is 6.28. The van der Waals surface area contributed by atoms with Gasteiger partial charge in [-0.2, -0.15) is 0 Å². The lowest BCUT2D eigenvalue weighted by molar-refractivity contribution is 0.0292. The zero-order valence-corrected chi connectivity index (χ0v) is 12.6. The van der Waals surface area contributed by atoms with E-state index < -0.39 is 6.10 Å². The molecule has 0 amide bonds. The number of benzene rings is 1. The maximum atomic E-state index is 10.5. The van der Waals surface area contributed by atoms with Gasteiger partial charge in [-0.25, -0.2) is 0 Å². The molecule has 2 aliphatic heterocycles. The van der Waals surface area contributed by atoms with Gasteiger partial charge in [0.1, 0.15) is 12.2 Å². The van der Waals surface area contributed by atoms with E-state index in [9.17, 15) is 10.2 Å². The number of likely N-dealkylation sites (tertiary alicyclic amines) is 1. The largest absolute Gasteiger partial charge is 0.504 e. The van der Waals surface area contributed by atoms with E-state index in [0.29, 0.717) is 23.6 Å². The Kier molecular flexibility index (Phi) is 2.52. The van der Waals surface area contributed by atoms with Crippen molar-refractivity contribution in [2.45, 2.75) is 37.0 Å². The summed E-state index contributed by atoms with van der Waals surface area (Å²) in [6, 6.07) is 4.27. The first-order valence-electron chi connectivity index (χ1n) is 8.23. The Hall–Kier alpha value is -1.52. The number of nitrogens with zero attached hydrogens (tertiary/aromatic N) is 1. The highest BCUT2D eigenvalue weighted by molar-refractivity contribution is 5.57. The highest BCUT2D eigenvalue weighted by Crippen LogP contribution is 2.57. The molecular formula is C18H21NO3. The maximum Gasteiger partial charge on any atom is 0.165 e. The van der Waals surface area contributed by atoms with Crippen molar-refractivity contribution in [1.82, 2.24) is 4.90 Å². The molecule has 1 aromatic rings. The molecule has 6 unspecified atom stereocenters. The topological polar surface area (TPSA) is 52.9 Å². The van der Waals surface area contributed by atoms with Crippen LogP contribution in [0.3, 0.4) is 0 Å². The Morgan fingerprint density at radius 1 is 1.27 bits per heavy atom. The normalized spacial score (nSPS) is 41.7. The number of aromatic hydroxyl groups is 1. The van der Waals surface area contributed by atoms with Crippen LogP contribution in [0.15, 0.2) is 24.3 Å². The summed E-state index contributed by atoms with van der Waals surface area (Å²) in [5.41, 5.74) is 2.45. The number of rotatable bonds is 0. The van der Waals surface area contributed by atoms with Gasteiger partial charge < -0.3 is 19.8 Å². The SMILES string of the molecule is CN1CCC2C3C=CC(O)C4Oc5c(O)ccc(c5C24)CC31. The first-order valence-corrected chi connectivity index (χ1v) is 8.23. The summed E-state index contributed by atoms with van der Waals surface area (Å²) in [4.78, 5) is 2.46. The van der Waals surface area contributed by atoms with Gasteiger partial charge in [-0.3, -0.25) is 0 Å². The predicted octanol–water partition coefficient (Wildman–Crippen LogP) is 1.66. The van der Waals surface area contributed by atoms with Crippen LogP contribution in [0, 0.1) is 11.8 Å². The Balaban J connectivity index is 1.78. The minimum atomic E-state index is -0.598. The van der Waals surface area contributed by atoms with E-state index in [2.05, 4.69) is 24.1 Å². The lowest BCUT2D eigenvalue weighted by atomic mass is 9.72. The van der Waals surface area contributed by atoms with E-state index in [0.717, 1.165) is 19.4 Å². The lowest BCUT2D eigenvalue weighted by Crippen LogP contribution is -2.48. The second-order valence-electron chi connectivity index (χ2n) is 7.25. The molecule has 1 aromatic carbocycles. The molecule has 0 radical (unpaired) electrons. The number of hydrogen-bond acceptors (Lipinski definition) is 4. The van der Waals surface area contributed by atoms with E-state index in [1.54, 1.807) is 6.07 Å². The molecule has 116 valence electrons. The molecule has 1 fully saturated rings. The molecule has 5 rings (SSSR count). The minimum Gasteiger partial charge on any atom is -0.504 e. The summed E-state index contributed by atoms with van der Waals surface area (Å²) in [6.45, 7) is 1.09. The van der Waals surface area contributed by atoms with Crippen LogP contribution < -0.4 is 4.74 Å². The van der Waals surface area contributed by atoms with Crippen LogP contribution in [0.4, 0.5) is 0 Å². The minimum absolute atomic E-state index is 0.200. The van der Waals surface area contributed by atoms with Gasteiger partial charge in [-0.1, -0.05) is 18.2 Å². The average Bonchev–Trinajstić information content (AvgIpc) is 2.80. The summed E-state index contributed by atoms with van der Waals surface area (Å²) >= 11 is 0. The van der Waals surface area contributed by atoms with E-state index in [1.807, 2.05) is 6.08 Å². The Morgan fingerprint density at radius 2 is 2.14 bits per heavy atom. The number of aliphatic hydroxyl groups excluding tert-OH is 1. The second kappa shape index (κ2) is 4.27. The van der Waals surface area contributed by atoms with Crippen molar-refractivity contribution >= 4 is 0 Å². The summed E-state index contributed by atoms with van der Waals surface area (Å²) in [5.74, 6) is 1.97. The fraction of sp³-hybridized carbons (Fsp3) is 0.556. The van der Waals surface area contributed by atoms with Crippen molar-refractivity contribution in [2.24, 2.45) is 11.8 Å². The van der Waals surface area contributed by atoms with Crippen LogP contribution in [0.2, 0.25) is 0 Å². The quantitative estimate of drug-likeness (QED) is 0.716. The van der Waals surface area contributed by atoms with Gasteiger partial charge in [0, 0.05) is 17.5 Å². The number of aliphatic hydroxyl groups is 1. The Bertz CT molecular complexity index is 671. The highest BCUT2D eigenvalue weighted by atomic mass is 16.5. The van der Waals surface area contributed by atoms with Crippen LogP contribution in [0.1, 0.15) is 23.5 Å². The van der Waals surface area contributed by atoms with Gasteiger partial charge in [0.05, 0.1) is 0 Å². The van der Waals surface area contributed by atoms with Crippen molar-refractivity contribution in [3.05, 3.63) is 35.4 Å². The van der Waals surface area contributed by atoms with Crippen molar-refractivity contribution in [3.63, 3.8) is 0 Å². The summed E-state index contributed by atoms with van der Waals surface area (Å²) in [7, 11) is 2.21. The number of piperidine rings is 1. The molecule has 0 saturated carbocycles. The van der Waals surface area contributed by atoms with Gasteiger partial charge in [0.25, 0.3) is 0 Å². The van der Waals surface area contributed by atoms with Crippen LogP contribution >= 0.6 is 0 Å². The Labute approximate surface area is 130 Å². The molecule has 1 saturated heterocycles. The molecule has 6 atom stereocenters. The summed E-state index contributed by atoms with van der Waals surface area (Å²) in [6.07, 6.45) is 5.40. The van der Waals surface area contributed by atoms with Gasteiger partial charge >= 0.3 is 0 Å². The lowest BCUT2D eigenvalue weighted by Gasteiger charge is -2.43. The number of phenols is 1. The first kappa shape index (κ1) is 13.0. The van der Waals surface area contributed by atoms with E-state index >= 15 is 0 Å². The molecule has 0 aromatic heterocycles. The van der Waals surface area contributed by atoms with Crippen molar-refractivity contribution in [1.29, 1.82) is 0 Å². The Morgan fingerprint density at radius 3 is 3.00 bits per heavy atom. The molecule has 4 nitrogen and oxygen atoms in total. The van der Waals surface area contributed by atoms with E-state index in [4.69, 9.17) is 4.74 Å². The molecule has 4 bridgehead atoms. The van der Waals surface area contributed by atoms with Crippen molar-refractivity contribution in [3.8, 4) is 11.5 Å². The third kappa shape index (κ3) is 1.49. The van der Waals surface area contributed by atoms with Crippen LogP contribution in [0.25, 0.3) is 0 Å². The number of likely N-dealkylation sites (N-methyl/N-ethyl adjacent to an activating group) is 1. The summed E-state index contributed by atoms with van der Waals surface area (Å²) in [5, 5.41) is 20.8.